The molecule has 1 amide bonds. The van der Waals surface area contributed by atoms with Gasteiger partial charge in [0.1, 0.15) is 17.3 Å². The molecule has 0 radical (unpaired) electrons. The van der Waals surface area contributed by atoms with Crippen molar-refractivity contribution in [3.63, 3.8) is 0 Å². The third-order valence-corrected chi connectivity index (χ3v) is 5.26. The first kappa shape index (κ1) is 20.9. The van der Waals surface area contributed by atoms with E-state index < -0.39 is 10.8 Å². The molecule has 0 spiro atoms. The lowest BCUT2D eigenvalue weighted by Gasteiger charge is -2.36. The van der Waals surface area contributed by atoms with Crippen LogP contribution in [-0.4, -0.2) is 41.9 Å². The molecular weight excluding hydrogens is 382 g/mol. The number of amides is 1. The number of nitro benzene ring substituents is 1. The van der Waals surface area contributed by atoms with Crippen LogP contribution in [0.25, 0.3) is 0 Å². The number of piperazine rings is 1. The van der Waals surface area contributed by atoms with Crippen LogP contribution < -0.4 is 10.2 Å². The Bertz CT molecular complexity index is 1030. The number of aryl methyl sites for hydroxylation is 1. The van der Waals surface area contributed by atoms with Gasteiger partial charge in [-0.2, -0.15) is 5.26 Å². The highest BCUT2D eigenvalue weighted by Crippen LogP contribution is 2.25. The number of nitrogens with zero attached hydrogens (tertiary/aromatic N) is 4. The van der Waals surface area contributed by atoms with Crippen LogP contribution in [0, 0.1) is 35.3 Å². The number of rotatable bonds is 5. The van der Waals surface area contributed by atoms with E-state index in [1.54, 1.807) is 6.07 Å². The highest BCUT2D eigenvalue weighted by atomic mass is 16.6. The van der Waals surface area contributed by atoms with Gasteiger partial charge in [0, 0.05) is 44.1 Å². The lowest BCUT2D eigenvalue weighted by Crippen LogP contribution is -2.44. The molecule has 8 nitrogen and oxygen atoms in total. The maximum atomic E-state index is 12.5. The van der Waals surface area contributed by atoms with Crippen molar-refractivity contribution in [3.8, 4) is 6.07 Å². The summed E-state index contributed by atoms with van der Waals surface area (Å²) < 4.78 is 0. The lowest BCUT2D eigenvalue weighted by molar-refractivity contribution is -0.383. The molecule has 2 aromatic rings. The van der Waals surface area contributed by atoms with E-state index in [2.05, 4.69) is 36.2 Å². The molecule has 0 aromatic heterocycles. The zero-order chi connectivity index (χ0) is 21.7. The summed E-state index contributed by atoms with van der Waals surface area (Å²) >= 11 is 0. The highest BCUT2D eigenvalue weighted by Gasteiger charge is 2.21. The van der Waals surface area contributed by atoms with E-state index in [9.17, 15) is 20.2 Å². The van der Waals surface area contributed by atoms with E-state index in [1.807, 2.05) is 17.0 Å². The van der Waals surface area contributed by atoms with Crippen LogP contribution in [0.15, 0.2) is 54.2 Å². The van der Waals surface area contributed by atoms with Crippen molar-refractivity contribution in [2.45, 2.75) is 13.8 Å². The van der Waals surface area contributed by atoms with Crippen molar-refractivity contribution >= 4 is 23.0 Å². The van der Waals surface area contributed by atoms with E-state index in [1.165, 1.54) is 41.2 Å². The number of para-hydroxylation sites is 2. The van der Waals surface area contributed by atoms with E-state index in [0.717, 1.165) is 13.1 Å². The molecule has 1 aliphatic rings. The fraction of sp³-hybridized carbons (Fsp3) is 0.273. The SMILES string of the molecule is Cc1cccc(N2CCN(/C=C(/C#N)C(=O)Nc3ccccc3[N+](=O)[O-])CC2)c1C. The van der Waals surface area contributed by atoms with Crippen molar-refractivity contribution in [2.75, 3.05) is 36.4 Å². The zero-order valence-corrected chi connectivity index (χ0v) is 17.0. The molecule has 0 unspecified atom stereocenters. The van der Waals surface area contributed by atoms with E-state index >= 15 is 0 Å². The summed E-state index contributed by atoms with van der Waals surface area (Å²) in [6, 6.07) is 14.0. The van der Waals surface area contributed by atoms with Crippen LogP contribution in [0.4, 0.5) is 17.1 Å². The quantitative estimate of drug-likeness (QED) is 0.354. The third-order valence-electron chi connectivity index (χ3n) is 5.26. The molecule has 1 fully saturated rings. The topological polar surface area (TPSA) is 103 Å². The normalized spacial score (nSPS) is 14.2. The number of carbonyl (C=O) groups is 1. The van der Waals surface area contributed by atoms with Gasteiger partial charge in [0.25, 0.3) is 11.6 Å². The van der Waals surface area contributed by atoms with Crippen LogP contribution in [-0.2, 0) is 4.79 Å². The zero-order valence-electron chi connectivity index (χ0n) is 17.0. The standard InChI is InChI=1S/C22H23N5O3/c1-16-6-5-9-20(17(16)2)26-12-10-25(11-13-26)15-18(14-23)22(28)24-19-7-3-4-8-21(19)27(29)30/h3-9,15H,10-13H2,1-2H3,(H,24,28)/b18-15-. The van der Waals surface area contributed by atoms with Crippen LogP contribution in [0.5, 0.6) is 0 Å². The Kier molecular flexibility index (Phi) is 6.32. The molecule has 30 heavy (non-hydrogen) atoms. The molecule has 0 saturated carbocycles. The maximum Gasteiger partial charge on any atom is 0.292 e. The molecule has 8 heteroatoms. The van der Waals surface area contributed by atoms with Crippen LogP contribution in [0.2, 0.25) is 0 Å². The fourth-order valence-electron chi connectivity index (χ4n) is 3.42. The number of hydrogen-bond donors (Lipinski definition) is 1. The smallest absolute Gasteiger partial charge is 0.292 e. The van der Waals surface area contributed by atoms with Crippen molar-refractivity contribution in [3.05, 3.63) is 75.5 Å². The minimum Gasteiger partial charge on any atom is -0.373 e. The van der Waals surface area contributed by atoms with E-state index in [-0.39, 0.29) is 16.9 Å². The van der Waals surface area contributed by atoms with Gasteiger partial charge in [-0.1, -0.05) is 24.3 Å². The summed E-state index contributed by atoms with van der Waals surface area (Å²) in [5.41, 5.74) is 3.46. The Morgan fingerprint density at radius 3 is 2.50 bits per heavy atom. The molecule has 154 valence electrons. The van der Waals surface area contributed by atoms with Gasteiger partial charge in [-0.05, 0) is 37.1 Å². The molecule has 0 aliphatic carbocycles. The average Bonchev–Trinajstić information content (AvgIpc) is 2.74. The minimum atomic E-state index is -0.663. The fourth-order valence-corrected chi connectivity index (χ4v) is 3.42. The molecule has 1 N–H and O–H groups in total. The van der Waals surface area contributed by atoms with E-state index in [4.69, 9.17) is 0 Å². The van der Waals surface area contributed by atoms with Gasteiger partial charge in [-0.15, -0.1) is 0 Å². The predicted octanol–water partition coefficient (Wildman–Crippen LogP) is 3.38. The Balaban J connectivity index is 1.67. The maximum absolute atomic E-state index is 12.5. The van der Waals surface area contributed by atoms with Gasteiger partial charge >= 0.3 is 0 Å². The Morgan fingerprint density at radius 1 is 1.13 bits per heavy atom. The second-order valence-corrected chi connectivity index (χ2v) is 7.13. The Hall–Kier alpha value is -3.86. The summed E-state index contributed by atoms with van der Waals surface area (Å²) in [6.07, 6.45) is 1.53. The molecule has 3 rings (SSSR count). The van der Waals surface area contributed by atoms with Gasteiger partial charge in [0.2, 0.25) is 0 Å². The molecule has 2 aromatic carbocycles. The van der Waals surface area contributed by atoms with Gasteiger partial charge in [-0.25, -0.2) is 0 Å². The van der Waals surface area contributed by atoms with Crippen LogP contribution in [0.3, 0.4) is 0 Å². The van der Waals surface area contributed by atoms with Gasteiger partial charge in [-0.3, -0.25) is 14.9 Å². The average molecular weight is 405 g/mol. The molecule has 0 bridgehead atoms. The second kappa shape index (κ2) is 9.09. The second-order valence-electron chi connectivity index (χ2n) is 7.13. The Labute approximate surface area is 175 Å². The minimum absolute atomic E-state index is 0.0633. The highest BCUT2D eigenvalue weighted by molar-refractivity contribution is 6.07. The molecule has 1 aliphatic heterocycles. The summed E-state index contributed by atoms with van der Waals surface area (Å²) in [7, 11) is 0. The Morgan fingerprint density at radius 2 is 1.83 bits per heavy atom. The summed E-state index contributed by atoms with van der Waals surface area (Å²) in [5, 5.41) is 23.0. The lowest BCUT2D eigenvalue weighted by atomic mass is 10.1. The number of carbonyl (C=O) groups excluding carboxylic acids is 1. The molecular formula is C22H23N5O3. The van der Waals surface area contributed by atoms with Crippen molar-refractivity contribution in [1.82, 2.24) is 4.90 Å². The van der Waals surface area contributed by atoms with Gasteiger partial charge in [0.15, 0.2) is 0 Å². The summed E-state index contributed by atoms with van der Waals surface area (Å²) in [5.74, 6) is -0.663. The summed E-state index contributed by atoms with van der Waals surface area (Å²) in [6.45, 7) is 7.07. The predicted molar refractivity (Wildman–Crippen MR) is 115 cm³/mol. The summed E-state index contributed by atoms with van der Waals surface area (Å²) in [4.78, 5) is 27.3. The number of nitro groups is 1. The van der Waals surface area contributed by atoms with Crippen LogP contribution >= 0.6 is 0 Å². The van der Waals surface area contributed by atoms with Crippen molar-refractivity contribution in [1.29, 1.82) is 5.26 Å². The van der Waals surface area contributed by atoms with Crippen LogP contribution in [0.1, 0.15) is 11.1 Å². The molecule has 1 heterocycles. The largest absolute Gasteiger partial charge is 0.373 e. The monoisotopic (exact) mass is 405 g/mol. The molecule has 1 saturated heterocycles. The van der Waals surface area contributed by atoms with Crippen molar-refractivity contribution in [2.24, 2.45) is 0 Å². The number of hydrogen-bond acceptors (Lipinski definition) is 6. The van der Waals surface area contributed by atoms with Gasteiger partial charge in [0.05, 0.1) is 4.92 Å². The third kappa shape index (κ3) is 4.58. The number of benzene rings is 2. The number of nitriles is 1. The first-order valence-electron chi connectivity index (χ1n) is 9.62. The van der Waals surface area contributed by atoms with Crippen molar-refractivity contribution < 1.29 is 9.72 Å². The molecule has 0 atom stereocenters. The number of nitrogens with one attached hydrogen (secondary N) is 1. The first-order chi connectivity index (χ1) is 14.4. The van der Waals surface area contributed by atoms with Gasteiger partial charge < -0.3 is 15.1 Å². The first-order valence-corrected chi connectivity index (χ1v) is 9.62. The number of anilines is 2. The van der Waals surface area contributed by atoms with E-state index in [0.29, 0.717) is 13.1 Å².